The summed E-state index contributed by atoms with van der Waals surface area (Å²) in [5.74, 6) is 0. The highest BCUT2D eigenvalue weighted by molar-refractivity contribution is 6.14. The van der Waals surface area contributed by atoms with Crippen LogP contribution in [-0.4, -0.2) is 0 Å². The molecule has 47 heavy (non-hydrogen) atoms. The van der Waals surface area contributed by atoms with Crippen molar-refractivity contribution in [2.75, 3.05) is 5.32 Å². The quantitative estimate of drug-likeness (QED) is 0.134. The second-order valence-electron chi connectivity index (χ2n) is 12.9. The van der Waals surface area contributed by atoms with Crippen molar-refractivity contribution in [3.05, 3.63) is 163 Å². The lowest BCUT2D eigenvalue weighted by molar-refractivity contribution is 0.428. The van der Waals surface area contributed by atoms with Gasteiger partial charge in [0.25, 0.3) is 0 Å². The van der Waals surface area contributed by atoms with Crippen molar-refractivity contribution in [2.45, 2.75) is 38.6 Å². The number of fused-ring (bicyclic) bond motifs is 5. The summed E-state index contributed by atoms with van der Waals surface area (Å²) in [6, 6.07) is 58.1. The average Bonchev–Trinajstić information content (AvgIpc) is 3.14. The molecule has 1 heteroatoms. The zero-order chi connectivity index (χ0) is 31.8. The van der Waals surface area contributed by atoms with Gasteiger partial charge in [-0.2, -0.15) is 0 Å². The molecule has 0 fully saturated rings. The van der Waals surface area contributed by atoms with E-state index in [0.29, 0.717) is 0 Å². The summed E-state index contributed by atoms with van der Waals surface area (Å²) in [6.45, 7) is 4.60. The Morgan fingerprint density at radius 1 is 0.468 bits per heavy atom. The maximum Gasteiger partial charge on any atom is 0.0622 e. The molecule has 8 aromatic carbocycles. The van der Waals surface area contributed by atoms with Crippen LogP contribution < -0.4 is 5.32 Å². The highest BCUT2D eigenvalue weighted by Crippen LogP contribution is 2.40. The molecule has 0 spiro atoms. The fourth-order valence-corrected chi connectivity index (χ4v) is 7.76. The Balaban J connectivity index is 1.15. The van der Waals surface area contributed by atoms with Gasteiger partial charge in [0, 0.05) is 5.69 Å². The Morgan fingerprint density at radius 2 is 0.979 bits per heavy atom. The van der Waals surface area contributed by atoms with Gasteiger partial charge in [-0.05, 0) is 108 Å². The van der Waals surface area contributed by atoms with Gasteiger partial charge >= 0.3 is 0 Å². The van der Waals surface area contributed by atoms with Gasteiger partial charge in [-0.3, -0.25) is 0 Å². The van der Waals surface area contributed by atoms with E-state index in [4.69, 9.17) is 0 Å². The lowest BCUT2D eigenvalue weighted by Gasteiger charge is -2.36. The summed E-state index contributed by atoms with van der Waals surface area (Å²) in [6.07, 6.45) is 3.14. The summed E-state index contributed by atoms with van der Waals surface area (Å²) < 4.78 is 0. The average molecular weight is 606 g/mol. The van der Waals surface area contributed by atoms with Gasteiger partial charge in [-0.15, -0.1) is 0 Å². The first-order valence-electron chi connectivity index (χ1n) is 17.0. The van der Waals surface area contributed by atoms with Crippen LogP contribution in [0.3, 0.4) is 0 Å². The number of rotatable bonds is 8. The largest absolute Gasteiger partial charge is 0.376 e. The van der Waals surface area contributed by atoms with Crippen molar-refractivity contribution in [1.82, 2.24) is 0 Å². The maximum absolute atomic E-state index is 4.02. The van der Waals surface area contributed by atoms with Crippen LogP contribution in [0.15, 0.2) is 158 Å². The summed E-state index contributed by atoms with van der Waals surface area (Å²) in [7, 11) is 0. The first-order valence-corrected chi connectivity index (χ1v) is 17.0. The number of benzene rings is 8. The van der Waals surface area contributed by atoms with Crippen LogP contribution in [0.4, 0.5) is 5.69 Å². The fraction of sp³-hybridized carbons (Fsp3) is 0.130. The van der Waals surface area contributed by atoms with Crippen LogP contribution in [0.25, 0.3) is 65.3 Å². The molecule has 0 saturated heterocycles. The van der Waals surface area contributed by atoms with E-state index in [0.717, 1.165) is 24.9 Å². The standard InChI is InChI=1S/C46H39N/c1-3-29-46(4-2,37-25-21-33(22-26-37)45-40-17-9-6-13-34(40)30-35-14-7-10-18-41(35)45)47-38-27-23-32(24-28-38)44-31-36-15-5-8-16-39(36)42-19-11-12-20-43(42)44/h5-28,30-31,47H,3-4,29H2,1-2H3. The zero-order valence-corrected chi connectivity index (χ0v) is 27.1. The van der Waals surface area contributed by atoms with Gasteiger partial charge in [-0.1, -0.05) is 154 Å². The van der Waals surface area contributed by atoms with Gasteiger partial charge in [0.1, 0.15) is 0 Å². The van der Waals surface area contributed by atoms with Crippen LogP contribution in [0.5, 0.6) is 0 Å². The molecule has 1 unspecified atom stereocenters. The van der Waals surface area contributed by atoms with E-state index in [1.165, 1.54) is 70.9 Å². The monoisotopic (exact) mass is 605 g/mol. The SMILES string of the molecule is CCCC(CC)(Nc1ccc(-c2cc3ccccc3c3ccccc23)cc1)c1ccc(-c2c3ccccc3cc3ccccc23)cc1. The van der Waals surface area contributed by atoms with Gasteiger partial charge in [0.05, 0.1) is 5.54 Å². The molecule has 0 aromatic heterocycles. The van der Waals surface area contributed by atoms with Gasteiger partial charge in [0.2, 0.25) is 0 Å². The Hall–Kier alpha value is -5.40. The predicted octanol–water partition coefficient (Wildman–Crippen LogP) is 13.2. The third-order valence-corrected chi connectivity index (χ3v) is 10.1. The molecule has 0 aliphatic heterocycles. The molecule has 0 heterocycles. The van der Waals surface area contributed by atoms with Crippen LogP contribution in [0, 0.1) is 0 Å². The predicted molar refractivity (Wildman–Crippen MR) is 204 cm³/mol. The molecule has 0 saturated carbocycles. The van der Waals surface area contributed by atoms with Crippen molar-refractivity contribution in [1.29, 1.82) is 0 Å². The summed E-state index contributed by atoms with van der Waals surface area (Å²) in [4.78, 5) is 0. The van der Waals surface area contributed by atoms with Gasteiger partial charge in [0.15, 0.2) is 0 Å². The lowest BCUT2D eigenvalue weighted by Crippen LogP contribution is -2.34. The third kappa shape index (κ3) is 5.13. The maximum atomic E-state index is 4.02. The van der Waals surface area contributed by atoms with E-state index in [9.17, 15) is 0 Å². The van der Waals surface area contributed by atoms with Crippen LogP contribution in [0.1, 0.15) is 38.7 Å². The van der Waals surface area contributed by atoms with Gasteiger partial charge in [-0.25, -0.2) is 0 Å². The van der Waals surface area contributed by atoms with Crippen molar-refractivity contribution < 1.29 is 0 Å². The highest BCUT2D eigenvalue weighted by atomic mass is 15.0. The number of nitrogens with one attached hydrogen (secondary N) is 1. The first-order chi connectivity index (χ1) is 23.2. The lowest BCUT2D eigenvalue weighted by atomic mass is 9.81. The highest BCUT2D eigenvalue weighted by Gasteiger charge is 2.29. The summed E-state index contributed by atoms with van der Waals surface area (Å²) >= 11 is 0. The molecule has 0 aliphatic rings. The molecule has 1 atom stereocenters. The minimum absolute atomic E-state index is 0.161. The third-order valence-electron chi connectivity index (χ3n) is 10.1. The van der Waals surface area contributed by atoms with E-state index >= 15 is 0 Å². The molecule has 8 aromatic rings. The van der Waals surface area contributed by atoms with E-state index in [2.05, 4.69) is 177 Å². The minimum atomic E-state index is -0.161. The molecule has 0 bridgehead atoms. The van der Waals surface area contributed by atoms with Crippen LogP contribution >= 0.6 is 0 Å². The van der Waals surface area contributed by atoms with Gasteiger partial charge < -0.3 is 5.32 Å². The van der Waals surface area contributed by atoms with E-state index < -0.39 is 0 Å². The second-order valence-corrected chi connectivity index (χ2v) is 12.9. The smallest absolute Gasteiger partial charge is 0.0622 e. The fourth-order valence-electron chi connectivity index (χ4n) is 7.76. The zero-order valence-electron chi connectivity index (χ0n) is 27.1. The molecule has 0 radical (unpaired) electrons. The first kappa shape index (κ1) is 29.0. The van der Waals surface area contributed by atoms with Crippen molar-refractivity contribution >= 4 is 48.8 Å². The number of hydrogen-bond acceptors (Lipinski definition) is 1. The van der Waals surface area contributed by atoms with Crippen LogP contribution in [0.2, 0.25) is 0 Å². The van der Waals surface area contributed by atoms with Crippen molar-refractivity contribution in [2.24, 2.45) is 0 Å². The molecular weight excluding hydrogens is 567 g/mol. The molecule has 0 aliphatic carbocycles. The topological polar surface area (TPSA) is 12.0 Å². The molecule has 1 nitrogen and oxygen atoms in total. The molecule has 228 valence electrons. The summed E-state index contributed by atoms with van der Waals surface area (Å²) in [5.41, 5.74) is 7.41. The molecular formula is C46H39N. The Labute approximate surface area is 277 Å². The summed E-state index contributed by atoms with van der Waals surface area (Å²) in [5, 5.41) is 14.3. The number of anilines is 1. The van der Waals surface area contributed by atoms with Crippen molar-refractivity contribution in [3.63, 3.8) is 0 Å². The molecule has 1 N–H and O–H groups in total. The molecule has 0 amide bonds. The van der Waals surface area contributed by atoms with E-state index in [-0.39, 0.29) is 5.54 Å². The van der Waals surface area contributed by atoms with Crippen molar-refractivity contribution in [3.8, 4) is 22.3 Å². The van der Waals surface area contributed by atoms with E-state index in [1.807, 2.05) is 0 Å². The Bertz CT molecular complexity index is 2310. The van der Waals surface area contributed by atoms with E-state index in [1.54, 1.807) is 0 Å². The molecule has 8 rings (SSSR count). The Morgan fingerprint density at radius 3 is 1.57 bits per heavy atom. The van der Waals surface area contributed by atoms with Crippen LogP contribution in [-0.2, 0) is 5.54 Å². The normalized spacial score (nSPS) is 12.9. The Kier molecular flexibility index (Phi) is 7.46. The second kappa shape index (κ2) is 12.1. The minimum Gasteiger partial charge on any atom is -0.376 e. The number of hydrogen-bond donors (Lipinski definition) is 1.